The van der Waals surface area contributed by atoms with Gasteiger partial charge in [-0.2, -0.15) is 0 Å². The lowest BCUT2D eigenvalue weighted by atomic mass is 10.1. The predicted octanol–water partition coefficient (Wildman–Crippen LogP) is 4.03. The Morgan fingerprint density at radius 2 is 2.05 bits per heavy atom. The molecule has 0 radical (unpaired) electrons. The van der Waals surface area contributed by atoms with Gasteiger partial charge in [-0.3, -0.25) is 4.79 Å². The SMILES string of the molecule is CCSc1ccc(C2SCC(=O)N2CC(C)C)cc1. The summed E-state index contributed by atoms with van der Waals surface area (Å²) >= 11 is 3.59. The lowest BCUT2D eigenvalue weighted by Gasteiger charge is -2.26. The first kappa shape index (κ1) is 14.8. The molecule has 1 heterocycles. The normalized spacial score (nSPS) is 19.5. The van der Waals surface area contributed by atoms with Crippen LogP contribution in [0.1, 0.15) is 31.7 Å². The zero-order valence-electron chi connectivity index (χ0n) is 11.8. The van der Waals surface area contributed by atoms with Gasteiger partial charge in [-0.25, -0.2) is 0 Å². The molecule has 1 aromatic carbocycles. The molecule has 1 atom stereocenters. The molecule has 0 saturated carbocycles. The number of hydrogen-bond acceptors (Lipinski definition) is 3. The van der Waals surface area contributed by atoms with Gasteiger partial charge < -0.3 is 4.90 Å². The topological polar surface area (TPSA) is 20.3 Å². The fraction of sp³-hybridized carbons (Fsp3) is 0.533. The molecule has 2 nitrogen and oxygen atoms in total. The Balaban J connectivity index is 2.13. The van der Waals surface area contributed by atoms with Gasteiger partial charge in [0.1, 0.15) is 5.37 Å². The number of thioether (sulfide) groups is 2. The van der Waals surface area contributed by atoms with E-state index in [2.05, 4.69) is 45.0 Å². The summed E-state index contributed by atoms with van der Waals surface area (Å²) in [7, 11) is 0. The lowest BCUT2D eigenvalue weighted by molar-refractivity contribution is -0.128. The summed E-state index contributed by atoms with van der Waals surface area (Å²) in [5.41, 5.74) is 1.25. The fourth-order valence-corrected chi connectivity index (χ4v) is 4.08. The standard InChI is InChI=1S/C15H21NOS2/c1-4-18-13-7-5-12(6-8-13)15-16(9-11(2)3)14(17)10-19-15/h5-8,11,15H,4,9-10H2,1-3H3. The van der Waals surface area contributed by atoms with Crippen molar-refractivity contribution in [2.45, 2.75) is 31.0 Å². The minimum Gasteiger partial charge on any atom is -0.326 e. The lowest BCUT2D eigenvalue weighted by Crippen LogP contribution is -2.31. The Morgan fingerprint density at radius 3 is 2.63 bits per heavy atom. The van der Waals surface area contributed by atoms with Gasteiger partial charge in [0, 0.05) is 11.4 Å². The molecule has 1 aliphatic heterocycles. The first-order chi connectivity index (χ1) is 9.11. The van der Waals surface area contributed by atoms with Crippen molar-refractivity contribution in [3.63, 3.8) is 0 Å². The maximum absolute atomic E-state index is 12.0. The molecule has 19 heavy (non-hydrogen) atoms. The Bertz CT molecular complexity index is 430. The van der Waals surface area contributed by atoms with E-state index < -0.39 is 0 Å². The van der Waals surface area contributed by atoms with Crippen LogP contribution in [-0.2, 0) is 4.79 Å². The van der Waals surface area contributed by atoms with Crippen LogP contribution in [0.3, 0.4) is 0 Å². The first-order valence-corrected chi connectivity index (χ1v) is 8.79. The van der Waals surface area contributed by atoms with Crippen LogP contribution >= 0.6 is 23.5 Å². The van der Waals surface area contributed by atoms with Crippen molar-refractivity contribution in [1.29, 1.82) is 0 Å². The van der Waals surface area contributed by atoms with Gasteiger partial charge in [0.2, 0.25) is 5.91 Å². The second-order valence-corrected chi connectivity index (χ2v) is 7.51. The summed E-state index contributed by atoms with van der Waals surface area (Å²) in [6, 6.07) is 8.67. The summed E-state index contributed by atoms with van der Waals surface area (Å²) in [6.07, 6.45) is 0. The number of carbonyl (C=O) groups is 1. The molecule has 1 aliphatic rings. The number of amides is 1. The van der Waals surface area contributed by atoms with Crippen molar-refractivity contribution in [3.8, 4) is 0 Å². The van der Waals surface area contributed by atoms with E-state index in [1.54, 1.807) is 11.8 Å². The molecule has 1 fully saturated rings. The van der Waals surface area contributed by atoms with Crippen LogP contribution in [-0.4, -0.2) is 28.9 Å². The molecule has 0 aromatic heterocycles. The molecule has 1 saturated heterocycles. The van der Waals surface area contributed by atoms with E-state index in [0.29, 0.717) is 11.7 Å². The van der Waals surface area contributed by atoms with Crippen molar-refractivity contribution < 1.29 is 4.79 Å². The largest absolute Gasteiger partial charge is 0.326 e. The zero-order chi connectivity index (χ0) is 13.8. The molecule has 4 heteroatoms. The smallest absolute Gasteiger partial charge is 0.233 e. The highest BCUT2D eigenvalue weighted by Gasteiger charge is 2.32. The molecule has 0 bridgehead atoms. The highest BCUT2D eigenvalue weighted by atomic mass is 32.2. The average Bonchev–Trinajstić information content (AvgIpc) is 2.72. The van der Waals surface area contributed by atoms with E-state index in [4.69, 9.17) is 0 Å². The van der Waals surface area contributed by atoms with E-state index in [-0.39, 0.29) is 11.3 Å². The van der Waals surface area contributed by atoms with Crippen molar-refractivity contribution in [2.75, 3.05) is 18.1 Å². The van der Waals surface area contributed by atoms with Crippen molar-refractivity contribution in [1.82, 2.24) is 4.90 Å². The second kappa shape index (κ2) is 6.71. The van der Waals surface area contributed by atoms with Crippen LogP contribution in [0, 0.1) is 5.92 Å². The van der Waals surface area contributed by atoms with Gasteiger partial charge in [0.25, 0.3) is 0 Å². The molecular weight excluding hydrogens is 274 g/mol. The van der Waals surface area contributed by atoms with Crippen molar-refractivity contribution >= 4 is 29.4 Å². The number of rotatable bonds is 5. The van der Waals surface area contributed by atoms with Crippen LogP contribution in [0.5, 0.6) is 0 Å². The second-order valence-electron chi connectivity index (χ2n) is 5.11. The predicted molar refractivity (Wildman–Crippen MR) is 84.6 cm³/mol. The highest BCUT2D eigenvalue weighted by Crippen LogP contribution is 2.39. The number of hydrogen-bond donors (Lipinski definition) is 0. The summed E-state index contributed by atoms with van der Waals surface area (Å²) in [4.78, 5) is 15.3. The molecular formula is C15H21NOS2. The van der Waals surface area contributed by atoms with E-state index in [1.165, 1.54) is 10.5 Å². The van der Waals surface area contributed by atoms with E-state index in [1.807, 2.05) is 16.7 Å². The van der Waals surface area contributed by atoms with Gasteiger partial charge in [-0.15, -0.1) is 23.5 Å². The summed E-state index contributed by atoms with van der Waals surface area (Å²) in [6.45, 7) is 7.33. The summed E-state index contributed by atoms with van der Waals surface area (Å²) in [5.74, 6) is 2.49. The Hall–Kier alpha value is -0.610. The van der Waals surface area contributed by atoms with Crippen molar-refractivity contribution in [2.24, 2.45) is 5.92 Å². The maximum atomic E-state index is 12.0. The van der Waals surface area contributed by atoms with Crippen LogP contribution in [0.4, 0.5) is 0 Å². The number of benzene rings is 1. The average molecular weight is 295 g/mol. The van der Waals surface area contributed by atoms with E-state index in [0.717, 1.165) is 12.3 Å². The van der Waals surface area contributed by atoms with Gasteiger partial charge >= 0.3 is 0 Å². The van der Waals surface area contributed by atoms with E-state index in [9.17, 15) is 4.79 Å². The minimum atomic E-state index is 0.204. The quantitative estimate of drug-likeness (QED) is 0.765. The summed E-state index contributed by atoms with van der Waals surface area (Å²) < 4.78 is 0. The van der Waals surface area contributed by atoms with Crippen LogP contribution in [0.2, 0.25) is 0 Å². The molecule has 1 amide bonds. The van der Waals surface area contributed by atoms with Gasteiger partial charge in [-0.05, 0) is 29.4 Å². The highest BCUT2D eigenvalue weighted by molar-refractivity contribution is 8.00. The van der Waals surface area contributed by atoms with Crippen LogP contribution in [0.25, 0.3) is 0 Å². The summed E-state index contributed by atoms with van der Waals surface area (Å²) in [5, 5.41) is 0.204. The molecule has 0 aliphatic carbocycles. The Kier molecular flexibility index (Phi) is 5.22. The molecule has 1 unspecified atom stereocenters. The third-order valence-corrected chi connectivity index (χ3v) is 5.16. The minimum absolute atomic E-state index is 0.204. The molecule has 1 aromatic rings. The molecule has 0 spiro atoms. The van der Waals surface area contributed by atoms with Crippen molar-refractivity contribution in [3.05, 3.63) is 29.8 Å². The third-order valence-electron chi connectivity index (χ3n) is 3.01. The van der Waals surface area contributed by atoms with Gasteiger partial charge in [0.15, 0.2) is 0 Å². The van der Waals surface area contributed by atoms with E-state index >= 15 is 0 Å². The van der Waals surface area contributed by atoms with Crippen LogP contribution < -0.4 is 0 Å². The maximum Gasteiger partial charge on any atom is 0.233 e. The molecule has 2 rings (SSSR count). The Labute approximate surface area is 124 Å². The zero-order valence-corrected chi connectivity index (χ0v) is 13.4. The van der Waals surface area contributed by atoms with Gasteiger partial charge in [0.05, 0.1) is 5.75 Å². The number of nitrogens with zero attached hydrogens (tertiary/aromatic N) is 1. The number of carbonyl (C=O) groups excluding carboxylic acids is 1. The van der Waals surface area contributed by atoms with Crippen LogP contribution in [0.15, 0.2) is 29.2 Å². The van der Waals surface area contributed by atoms with Gasteiger partial charge in [-0.1, -0.05) is 32.9 Å². The monoisotopic (exact) mass is 295 g/mol. The third kappa shape index (κ3) is 3.69. The first-order valence-electron chi connectivity index (χ1n) is 6.75. The molecule has 104 valence electrons. The molecule has 0 N–H and O–H groups in total. The fourth-order valence-electron chi connectivity index (χ4n) is 2.22. The Morgan fingerprint density at radius 1 is 1.37 bits per heavy atom.